The van der Waals surface area contributed by atoms with E-state index < -0.39 is 0 Å². The fourth-order valence-corrected chi connectivity index (χ4v) is 0.782. The average molecular weight is 188 g/mol. The summed E-state index contributed by atoms with van der Waals surface area (Å²) in [5, 5.41) is 24.0. The molecule has 0 aromatic heterocycles. The number of nitrogens with one attached hydrogen (secondary N) is 2. The molecule has 0 aromatic carbocycles. The van der Waals surface area contributed by atoms with Crippen LogP contribution in [0.4, 0.5) is 0 Å². The minimum atomic E-state index is -0.372. The third-order valence-corrected chi connectivity index (χ3v) is 1.46. The Labute approximate surface area is 79.7 Å². The van der Waals surface area contributed by atoms with E-state index >= 15 is 0 Å². The highest BCUT2D eigenvalue weighted by atomic mass is 16.3. The number of allylic oxidation sites excluding steroid dienone is 1. The second-order valence-electron chi connectivity index (χ2n) is 3.16. The third-order valence-electron chi connectivity index (χ3n) is 1.46. The van der Waals surface area contributed by atoms with Crippen molar-refractivity contribution >= 4 is 0 Å². The van der Waals surface area contributed by atoms with Crippen molar-refractivity contribution in [2.75, 3.05) is 13.1 Å². The lowest BCUT2D eigenvalue weighted by molar-refractivity contribution is 0.187. The van der Waals surface area contributed by atoms with Gasteiger partial charge < -0.3 is 20.8 Å². The predicted octanol–water partition coefficient (Wildman–Crippen LogP) is -0.211. The zero-order valence-corrected chi connectivity index (χ0v) is 8.54. The zero-order valence-electron chi connectivity index (χ0n) is 8.54. The van der Waals surface area contributed by atoms with Gasteiger partial charge in [-0.25, -0.2) is 0 Å². The predicted molar refractivity (Wildman–Crippen MR) is 53.1 cm³/mol. The maximum atomic E-state index is 9.01. The molecule has 2 unspecified atom stereocenters. The summed E-state index contributed by atoms with van der Waals surface area (Å²) >= 11 is 0. The molecule has 4 N–H and O–H groups in total. The maximum absolute atomic E-state index is 9.01. The average Bonchev–Trinajstić information content (AvgIpc) is 2.04. The van der Waals surface area contributed by atoms with E-state index in [9.17, 15) is 0 Å². The van der Waals surface area contributed by atoms with E-state index in [0.717, 1.165) is 5.82 Å². The van der Waals surface area contributed by atoms with Gasteiger partial charge in [0.25, 0.3) is 0 Å². The first kappa shape index (κ1) is 12.3. The highest BCUT2D eigenvalue weighted by molar-refractivity contribution is 4.95. The Morgan fingerprint density at radius 1 is 1.15 bits per heavy atom. The van der Waals surface area contributed by atoms with E-state index in [1.54, 1.807) is 13.8 Å². The van der Waals surface area contributed by atoms with Gasteiger partial charge in [0.1, 0.15) is 0 Å². The van der Waals surface area contributed by atoms with Gasteiger partial charge in [-0.2, -0.15) is 0 Å². The van der Waals surface area contributed by atoms with E-state index in [2.05, 4.69) is 10.6 Å². The molecular formula is C9H20N2O2. The van der Waals surface area contributed by atoms with Gasteiger partial charge in [-0.15, -0.1) is 0 Å². The van der Waals surface area contributed by atoms with Gasteiger partial charge in [-0.3, -0.25) is 0 Å². The SMILES string of the molecule is CC=C(NCC(C)O)NCC(C)O. The highest BCUT2D eigenvalue weighted by Crippen LogP contribution is 1.86. The highest BCUT2D eigenvalue weighted by Gasteiger charge is 1.99. The normalized spacial score (nSPS) is 14.5. The summed E-state index contributed by atoms with van der Waals surface area (Å²) in [5.41, 5.74) is 0. The maximum Gasteiger partial charge on any atom is 0.0944 e. The monoisotopic (exact) mass is 188 g/mol. The van der Waals surface area contributed by atoms with Gasteiger partial charge in [0, 0.05) is 13.1 Å². The number of aliphatic hydroxyl groups excluding tert-OH is 2. The summed E-state index contributed by atoms with van der Waals surface area (Å²) in [6.45, 7) is 6.34. The van der Waals surface area contributed by atoms with Crippen LogP contribution in [0.25, 0.3) is 0 Å². The summed E-state index contributed by atoms with van der Waals surface area (Å²) < 4.78 is 0. The summed E-state index contributed by atoms with van der Waals surface area (Å²) in [6.07, 6.45) is 1.12. The van der Waals surface area contributed by atoms with Crippen molar-refractivity contribution in [1.29, 1.82) is 0 Å². The molecule has 0 rings (SSSR count). The summed E-state index contributed by atoms with van der Waals surface area (Å²) in [5.74, 6) is 0.835. The minimum Gasteiger partial charge on any atom is -0.392 e. The molecule has 0 radical (unpaired) electrons. The van der Waals surface area contributed by atoms with Crippen molar-refractivity contribution in [1.82, 2.24) is 10.6 Å². The second-order valence-corrected chi connectivity index (χ2v) is 3.16. The Morgan fingerprint density at radius 2 is 1.54 bits per heavy atom. The Hall–Kier alpha value is -0.740. The molecule has 0 saturated heterocycles. The van der Waals surface area contributed by atoms with E-state index in [0.29, 0.717) is 13.1 Å². The number of hydrogen-bond acceptors (Lipinski definition) is 4. The Morgan fingerprint density at radius 3 is 1.77 bits per heavy atom. The number of hydrogen-bond donors (Lipinski definition) is 4. The van der Waals surface area contributed by atoms with E-state index in [1.165, 1.54) is 0 Å². The summed E-state index contributed by atoms with van der Waals surface area (Å²) in [6, 6.07) is 0. The molecular weight excluding hydrogens is 168 g/mol. The fourth-order valence-electron chi connectivity index (χ4n) is 0.782. The van der Waals surface area contributed by atoms with E-state index in [4.69, 9.17) is 10.2 Å². The van der Waals surface area contributed by atoms with Crippen molar-refractivity contribution in [3.8, 4) is 0 Å². The number of aliphatic hydroxyl groups is 2. The van der Waals surface area contributed by atoms with Crippen molar-refractivity contribution in [2.24, 2.45) is 0 Å². The topological polar surface area (TPSA) is 64.5 Å². The van der Waals surface area contributed by atoms with Crippen LogP contribution in [0, 0.1) is 0 Å². The standard InChI is InChI=1S/C9H20N2O2/c1-4-9(10-5-7(2)12)11-6-8(3)13/h4,7-8,10-13H,5-6H2,1-3H3. The molecule has 0 bridgehead atoms. The van der Waals surface area contributed by atoms with Crippen LogP contribution in [0.2, 0.25) is 0 Å². The van der Waals surface area contributed by atoms with Gasteiger partial charge >= 0.3 is 0 Å². The first-order chi connectivity index (χ1) is 6.06. The second kappa shape index (κ2) is 6.74. The van der Waals surface area contributed by atoms with Crippen LogP contribution in [0.1, 0.15) is 20.8 Å². The molecule has 0 fully saturated rings. The van der Waals surface area contributed by atoms with Crippen LogP contribution in [-0.4, -0.2) is 35.5 Å². The van der Waals surface area contributed by atoms with Crippen LogP contribution in [0.5, 0.6) is 0 Å². The molecule has 4 nitrogen and oxygen atoms in total. The van der Waals surface area contributed by atoms with Gasteiger partial charge in [0.15, 0.2) is 0 Å². The molecule has 0 aromatic rings. The van der Waals surface area contributed by atoms with Gasteiger partial charge in [-0.05, 0) is 26.8 Å². The smallest absolute Gasteiger partial charge is 0.0944 e. The molecule has 0 spiro atoms. The fraction of sp³-hybridized carbons (Fsp3) is 0.778. The summed E-state index contributed by atoms with van der Waals surface area (Å²) in [4.78, 5) is 0. The largest absolute Gasteiger partial charge is 0.392 e. The Balaban J connectivity index is 3.65. The zero-order chi connectivity index (χ0) is 10.3. The van der Waals surface area contributed by atoms with Gasteiger partial charge in [-0.1, -0.05) is 0 Å². The quantitative estimate of drug-likeness (QED) is 0.466. The lowest BCUT2D eigenvalue weighted by atomic mass is 10.4. The van der Waals surface area contributed by atoms with Crippen LogP contribution in [0.3, 0.4) is 0 Å². The van der Waals surface area contributed by atoms with Crippen molar-refractivity contribution in [2.45, 2.75) is 33.0 Å². The number of rotatable bonds is 6. The first-order valence-electron chi connectivity index (χ1n) is 4.56. The van der Waals surface area contributed by atoms with Crippen molar-refractivity contribution in [3.05, 3.63) is 11.9 Å². The summed E-state index contributed by atoms with van der Waals surface area (Å²) in [7, 11) is 0. The van der Waals surface area contributed by atoms with Gasteiger partial charge in [0.05, 0.1) is 18.0 Å². The van der Waals surface area contributed by atoms with Crippen molar-refractivity contribution in [3.63, 3.8) is 0 Å². The molecule has 13 heavy (non-hydrogen) atoms. The molecule has 0 amide bonds. The first-order valence-corrected chi connectivity index (χ1v) is 4.56. The van der Waals surface area contributed by atoms with Crippen LogP contribution in [-0.2, 0) is 0 Å². The molecule has 2 atom stereocenters. The molecule has 4 heteroatoms. The van der Waals surface area contributed by atoms with Crippen LogP contribution >= 0.6 is 0 Å². The molecule has 0 aliphatic heterocycles. The minimum absolute atomic E-state index is 0.372. The molecule has 78 valence electrons. The lowest BCUT2D eigenvalue weighted by Gasteiger charge is -2.15. The van der Waals surface area contributed by atoms with E-state index in [1.807, 2.05) is 13.0 Å². The Kier molecular flexibility index (Phi) is 6.36. The van der Waals surface area contributed by atoms with Gasteiger partial charge in [0.2, 0.25) is 0 Å². The molecule has 0 aliphatic rings. The van der Waals surface area contributed by atoms with Crippen LogP contribution < -0.4 is 10.6 Å². The molecule has 0 heterocycles. The lowest BCUT2D eigenvalue weighted by Crippen LogP contribution is -2.34. The third kappa shape index (κ3) is 7.62. The Bertz CT molecular complexity index is 142. The molecule has 0 saturated carbocycles. The van der Waals surface area contributed by atoms with E-state index in [-0.39, 0.29) is 12.2 Å². The van der Waals surface area contributed by atoms with Crippen molar-refractivity contribution < 1.29 is 10.2 Å². The molecule has 0 aliphatic carbocycles. The van der Waals surface area contributed by atoms with Crippen LogP contribution in [0.15, 0.2) is 11.9 Å².